The molecule has 1 aliphatic rings. The molecule has 0 bridgehead atoms. The Morgan fingerprint density at radius 2 is 1.75 bits per heavy atom. The molecule has 0 aliphatic carbocycles. The maximum Gasteiger partial charge on any atom is 0.429 e. The van der Waals surface area contributed by atoms with E-state index in [1.807, 2.05) is 13.0 Å². The highest BCUT2D eigenvalue weighted by Crippen LogP contribution is 2.24. The summed E-state index contributed by atoms with van der Waals surface area (Å²) in [6.45, 7) is 1.64. The molecule has 0 spiro atoms. The average Bonchev–Trinajstić information content (AvgIpc) is 2.96. The van der Waals surface area contributed by atoms with Crippen molar-refractivity contribution in [3.63, 3.8) is 0 Å². The maximum atomic E-state index is 12.5. The van der Waals surface area contributed by atoms with Gasteiger partial charge in [0.2, 0.25) is 0 Å². The van der Waals surface area contributed by atoms with E-state index in [2.05, 4.69) is 0 Å². The van der Waals surface area contributed by atoms with Crippen molar-refractivity contribution in [3.05, 3.63) is 72.2 Å². The fourth-order valence-corrected chi connectivity index (χ4v) is 3.38. The average molecular weight is 345 g/mol. The molecule has 6 nitrogen and oxygen atoms in total. The van der Waals surface area contributed by atoms with Gasteiger partial charge in [0.25, 0.3) is 10.0 Å². The summed E-state index contributed by atoms with van der Waals surface area (Å²) in [5, 5.41) is 0. The van der Waals surface area contributed by atoms with Crippen molar-refractivity contribution in [1.82, 2.24) is 4.31 Å². The molecule has 124 valence electrons. The van der Waals surface area contributed by atoms with Crippen molar-refractivity contribution >= 4 is 16.1 Å². The van der Waals surface area contributed by atoms with Gasteiger partial charge in [0, 0.05) is 0 Å². The van der Waals surface area contributed by atoms with Crippen LogP contribution in [0.1, 0.15) is 5.56 Å². The van der Waals surface area contributed by atoms with Gasteiger partial charge in [0.05, 0.1) is 4.90 Å². The lowest BCUT2D eigenvalue weighted by atomic mass is 10.2. The lowest BCUT2D eigenvalue weighted by Crippen LogP contribution is -2.31. The van der Waals surface area contributed by atoms with E-state index in [1.165, 1.54) is 18.4 Å². The van der Waals surface area contributed by atoms with Crippen molar-refractivity contribution in [1.29, 1.82) is 0 Å². The zero-order valence-corrected chi connectivity index (χ0v) is 13.7. The van der Waals surface area contributed by atoms with E-state index in [0.717, 1.165) is 5.56 Å². The molecule has 2 aromatic rings. The van der Waals surface area contributed by atoms with Gasteiger partial charge in [-0.15, -0.1) is 0 Å². The molecular weight excluding hydrogens is 330 g/mol. The summed E-state index contributed by atoms with van der Waals surface area (Å²) in [6.07, 6.45) is 0.288. The Kier molecular flexibility index (Phi) is 4.26. The molecule has 0 aromatic heterocycles. The molecule has 0 radical (unpaired) electrons. The van der Waals surface area contributed by atoms with Gasteiger partial charge in [-0.1, -0.05) is 35.9 Å². The van der Waals surface area contributed by atoms with Crippen LogP contribution >= 0.6 is 0 Å². The Bertz CT molecular complexity index is 873. The van der Waals surface area contributed by atoms with Crippen molar-refractivity contribution < 1.29 is 22.7 Å². The van der Waals surface area contributed by atoms with E-state index in [-0.39, 0.29) is 17.2 Å². The Morgan fingerprint density at radius 3 is 2.42 bits per heavy atom. The first-order chi connectivity index (χ1) is 11.5. The van der Waals surface area contributed by atoms with Crippen LogP contribution in [0.2, 0.25) is 0 Å². The van der Waals surface area contributed by atoms with Gasteiger partial charge in [0.1, 0.15) is 18.6 Å². The molecule has 2 aromatic carbocycles. The summed E-state index contributed by atoms with van der Waals surface area (Å²) in [5.41, 5.74) is 0.926. The quantitative estimate of drug-likeness (QED) is 0.796. The normalized spacial score (nSPS) is 16.3. The maximum absolute atomic E-state index is 12.5. The van der Waals surface area contributed by atoms with Crippen molar-refractivity contribution in [2.24, 2.45) is 0 Å². The standard InChI is InChI=1S/C17H15NO5S/c1-13-7-9-16(10-8-13)24(20,21)18-11-15(23-17(18)19)12-22-14-5-3-2-4-6-14/h2-10,12H,11H2,1H3. The summed E-state index contributed by atoms with van der Waals surface area (Å²) >= 11 is 0. The van der Waals surface area contributed by atoms with Gasteiger partial charge in [-0.25, -0.2) is 13.2 Å². The third kappa shape index (κ3) is 3.26. The monoisotopic (exact) mass is 345 g/mol. The van der Waals surface area contributed by atoms with Crippen LogP contribution in [-0.4, -0.2) is 25.4 Å². The first-order valence-corrected chi connectivity index (χ1v) is 8.63. The van der Waals surface area contributed by atoms with E-state index < -0.39 is 16.1 Å². The van der Waals surface area contributed by atoms with Crippen molar-refractivity contribution in [2.45, 2.75) is 11.8 Å². The van der Waals surface area contributed by atoms with Gasteiger partial charge in [-0.2, -0.15) is 4.31 Å². The van der Waals surface area contributed by atoms with Crippen LogP contribution in [0.15, 0.2) is 71.5 Å². The predicted octanol–water partition coefficient (Wildman–Crippen LogP) is 3.06. The summed E-state index contributed by atoms with van der Waals surface area (Å²) < 4.78 is 36.1. The highest BCUT2D eigenvalue weighted by Gasteiger charge is 2.38. The van der Waals surface area contributed by atoms with Crippen molar-refractivity contribution in [3.8, 4) is 5.75 Å². The summed E-state index contributed by atoms with van der Waals surface area (Å²) in [7, 11) is -3.96. The second kappa shape index (κ2) is 6.37. The molecular formula is C17H15NO5S. The third-order valence-corrected chi connectivity index (χ3v) is 5.13. The molecule has 0 saturated carbocycles. The summed E-state index contributed by atoms with van der Waals surface area (Å²) in [5.74, 6) is 0.681. The van der Waals surface area contributed by atoms with Gasteiger partial charge in [-0.3, -0.25) is 0 Å². The number of amides is 1. The molecule has 0 atom stereocenters. The molecule has 1 fully saturated rings. The number of carbonyl (C=O) groups excluding carboxylic acids is 1. The fourth-order valence-electron chi connectivity index (χ4n) is 2.12. The minimum atomic E-state index is -3.96. The van der Waals surface area contributed by atoms with E-state index in [0.29, 0.717) is 10.1 Å². The molecule has 0 unspecified atom stereocenters. The number of sulfonamides is 1. The molecule has 0 N–H and O–H groups in total. The number of hydrogen-bond acceptors (Lipinski definition) is 5. The predicted molar refractivity (Wildman–Crippen MR) is 86.7 cm³/mol. The van der Waals surface area contributed by atoms with Crippen LogP contribution in [0, 0.1) is 6.92 Å². The van der Waals surface area contributed by atoms with Gasteiger partial charge >= 0.3 is 6.09 Å². The van der Waals surface area contributed by atoms with Crippen LogP contribution in [-0.2, 0) is 14.8 Å². The Morgan fingerprint density at radius 1 is 1.08 bits per heavy atom. The van der Waals surface area contributed by atoms with E-state index in [4.69, 9.17) is 9.47 Å². The minimum absolute atomic E-state index is 0.0373. The SMILES string of the molecule is Cc1ccc(S(=O)(=O)N2CC(=COc3ccccc3)OC2=O)cc1. The number of nitrogens with zero attached hydrogens (tertiary/aromatic N) is 1. The smallest absolute Gasteiger partial charge is 0.429 e. The molecule has 1 amide bonds. The molecule has 3 rings (SSSR count). The lowest BCUT2D eigenvalue weighted by Gasteiger charge is -2.12. The van der Waals surface area contributed by atoms with Crippen molar-refractivity contribution in [2.75, 3.05) is 6.54 Å². The fraction of sp³-hybridized carbons (Fsp3) is 0.118. The number of ether oxygens (including phenoxy) is 2. The second-order valence-corrected chi connectivity index (χ2v) is 7.07. The molecule has 1 aliphatic heterocycles. The van der Waals surface area contributed by atoms with E-state index in [9.17, 15) is 13.2 Å². The van der Waals surface area contributed by atoms with Crippen LogP contribution in [0.25, 0.3) is 0 Å². The molecule has 1 heterocycles. The first-order valence-electron chi connectivity index (χ1n) is 7.19. The first kappa shape index (κ1) is 16.1. The van der Waals surface area contributed by atoms with E-state index in [1.54, 1.807) is 36.4 Å². The van der Waals surface area contributed by atoms with Crippen LogP contribution in [0.5, 0.6) is 5.75 Å². The van der Waals surface area contributed by atoms with E-state index >= 15 is 0 Å². The number of para-hydroxylation sites is 1. The molecule has 24 heavy (non-hydrogen) atoms. The van der Waals surface area contributed by atoms with Gasteiger partial charge in [-0.05, 0) is 31.2 Å². The second-order valence-electron chi connectivity index (χ2n) is 5.21. The highest BCUT2D eigenvalue weighted by molar-refractivity contribution is 7.89. The number of benzene rings is 2. The highest BCUT2D eigenvalue weighted by atomic mass is 32.2. The van der Waals surface area contributed by atoms with Crippen LogP contribution in [0.4, 0.5) is 4.79 Å². The largest absolute Gasteiger partial charge is 0.461 e. The molecule has 1 saturated heterocycles. The van der Waals surface area contributed by atoms with Crippen LogP contribution < -0.4 is 4.74 Å². The van der Waals surface area contributed by atoms with Gasteiger partial charge in [0.15, 0.2) is 5.76 Å². The molecule has 7 heteroatoms. The minimum Gasteiger partial charge on any atom is -0.461 e. The number of cyclic esters (lactones) is 1. The topological polar surface area (TPSA) is 72.9 Å². The zero-order chi connectivity index (χ0) is 17.2. The number of rotatable bonds is 4. The zero-order valence-electron chi connectivity index (χ0n) is 12.9. The Balaban J connectivity index is 1.78. The number of hydrogen-bond donors (Lipinski definition) is 0. The van der Waals surface area contributed by atoms with Gasteiger partial charge < -0.3 is 9.47 Å². The number of aryl methyl sites for hydroxylation is 1. The summed E-state index contributed by atoms with van der Waals surface area (Å²) in [6, 6.07) is 15.1. The Labute approximate surface area is 140 Å². The summed E-state index contributed by atoms with van der Waals surface area (Å²) in [4.78, 5) is 11.9. The third-order valence-electron chi connectivity index (χ3n) is 3.40. The lowest BCUT2D eigenvalue weighted by molar-refractivity contribution is 0.182. The Hall–Kier alpha value is -2.80. The van der Waals surface area contributed by atoms with Crippen LogP contribution in [0.3, 0.4) is 0 Å². The number of carbonyl (C=O) groups is 1.